The predicted molar refractivity (Wildman–Crippen MR) is 225 cm³/mol. The first-order chi connectivity index (χ1) is 25.0. The number of hydrogen-bond donors (Lipinski definition) is 1. The highest BCUT2D eigenvalue weighted by atomic mass is 14.8. The summed E-state index contributed by atoms with van der Waals surface area (Å²) < 4.78 is 0. The first-order valence-corrected chi connectivity index (χ1v) is 17.6. The van der Waals surface area contributed by atoms with E-state index in [1.807, 2.05) is 54.9 Å². The van der Waals surface area contributed by atoms with E-state index < -0.39 is 0 Å². The molecule has 0 bridgehead atoms. The molecule has 0 amide bonds. The molecule has 0 aliphatic rings. The maximum atomic E-state index is 3.92. The van der Waals surface area contributed by atoms with E-state index in [0.717, 1.165) is 35.1 Å². The largest absolute Gasteiger partial charge is 0.368 e. The van der Waals surface area contributed by atoms with Crippen molar-refractivity contribution in [2.24, 2.45) is 0 Å². The molecule has 0 heterocycles. The fraction of sp³-hybridized carbons (Fsp3) is 0.0800. The third-order valence-electron chi connectivity index (χ3n) is 8.62. The third-order valence-corrected chi connectivity index (χ3v) is 8.62. The molecule has 0 spiro atoms. The average molecular weight is 662 g/mol. The SMILES string of the molecule is C=C/C=C(\C=C/c1ccccc1)/C=C/C(/C=C\c1ccc2cc(-c3ccc(C)c(-c4ccccc4C)c3)ccc2c1)=C/C=C/N/C=C\CCC=C. The minimum atomic E-state index is 0.971. The minimum Gasteiger partial charge on any atom is -0.368 e. The van der Waals surface area contributed by atoms with Gasteiger partial charge in [0.15, 0.2) is 0 Å². The molecule has 51 heavy (non-hydrogen) atoms. The van der Waals surface area contributed by atoms with Gasteiger partial charge in [0.1, 0.15) is 0 Å². The van der Waals surface area contributed by atoms with Crippen molar-refractivity contribution < 1.29 is 0 Å². The van der Waals surface area contributed by atoms with Crippen LogP contribution in [0.1, 0.15) is 35.1 Å². The molecular weight excluding hydrogens is 615 g/mol. The maximum absolute atomic E-state index is 3.92. The molecule has 0 aliphatic heterocycles. The summed E-state index contributed by atoms with van der Waals surface area (Å²) in [5, 5.41) is 5.66. The minimum absolute atomic E-state index is 0.971. The highest BCUT2D eigenvalue weighted by Crippen LogP contribution is 2.32. The first kappa shape index (κ1) is 36.1. The summed E-state index contributed by atoms with van der Waals surface area (Å²) in [5.74, 6) is 0. The lowest BCUT2D eigenvalue weighted by Crippen LogP contribution is -1.90. The number of allylic oxidation sites excluding steroid dienone is 12. The summed E-state index contributed by atoms with van der Waals surface area (Å²) in [6.07, 6.45) is 30.6. The van der Waals surface area contributed by atoms with Crippen LogP contribution in [0.4, 0.5) is 0 Å². The van der Waals surface area contributed by atoms with E-state index in [9.17, 15) is 0 Å². The van der Waals surface area contributed by atoms with Gasteiger partial charge in [-0.3, -0.25) is 0 Å². The Morgan fingerprint density at radius 2 is 1.24 bits per heavy atom. The molecule has 0 radical (unpaired) electrons. The van der Waals surface area contributed by atoms with Gasteiger partial charge >= 0.3 is 0 Å². The zero-order valence-electron chi connectivity index (χ0n) is 29.8. The van der Waals surface area contributed by atoms with Crippen LogP contribution >= 0.6 is 0 Å². The van der Waals surface area contributed by atoms with Crippen molar-refractivity contribution in [3.05, 3.63) is 229 Å². The van der Waals surface area contributed by atoms with E-state index in [1.54, 1.807) is 0 Å². The second-order valence-electron chi connectivity index (χ2n) is 12.4. The molecule has 5 aromatic rings. The highest BCUT2D eigenvalue weighted by molar-refractivity contribution is 5.90. The molecule has 0 saturated carbocycles. The van der Waals surface area contributed by atoms with Gasteiger partial charge in [-0.1, -0.05) is 164 Å². The fourth-order valence-corrected chi connectivity index (χ4v) is 5.76. The lowest BCUT2D eigenvalue weighted by atomic mass is 9.92. The zero-order valence-corrected chi connectivity index (χ0v) is 29.8. The molecule has 5 rings (SSSR count). The van der Waals surface area contributed by atoms with Gasteiger partial charge in [0, 0.05) is 6.20 Å². The molecule has 0 fully saturated rings. The number of aryl methyl sites for hydroxylation is 2. The number of rotatable bonds is 15. The molecule has 0 atom stereocenters. The Labute approximate surface area is 305 Å². The van der Waals surface area contributed by atoms with Crippen LogP contribution in [0.25, 0.3) is 45.2 Å². The van der Waals surface area contributed by atoms with E-state index in [1.165, 1.54) is 44.2 Å². The molecule has 252 valence electrons. The van der Waals surface area contributed by atoms with E-state index in [0.29, 0.717) is 0 Å². The summed E-state index contributed by atoms with van der Waals surface area (Å²) in [7, 11) is 0. The second kappa shape index (κ2) is 19.1. The van der Waals surface area contributed by atoms with Crippen molar-refractivity contribution in [2.75, 3.05) is 0 Å². The maximum Gasteiger partial charge on any atom is 0.000451 e. The number of nitrogens with one attached hydrogen (secondary N) is 1. The van der Waals surface area contributed by atoms with Crippen LogP contribution in [-0.2, 0) is 0 Å². The van der Waals surface area contributed by atoms with Crippen LogP contribution in [0.15, 0.2) is 207 Å². The van der Waals surface area contributed by atoms with E-state index in [-0.39, 0.29) is 0 Å². The van der Waals surface area contributed by atoms with Crippen molar-refractivity contribution >= 4 is 22.9 Å². The Bertz CT molecular complexity index is 2160. The summed E-state index contributed by atoms with van der Waals surface area (Å²) in [5.41, 5.74) is 12.0. The number of unbranched alkanes of at least 4 members (excludes halogenated alkanes) is 1. The van der Waals surface area contributed by atoms with E-state index in [4.69, 9.17) is 0 Å². The van der Waals surface area contributed by atoms with Gasteiger partial charge in [-0.05, 0) is 124 Å². The van der Waals surface area contributed by atoms with Crippen molar-refractivity contribution in [2.45, 2.75) is 26.7 Å². The quantitative estimate of drug-likeness (QED) is 0.0669. The summed E-state index contributed by atoms with van der Waals surface area (Å²) in [6.45, 7) is 12.1. The number of fused-ring (bicyclic) bond motifs is 1. The van der Waals surface area contributed by atoms with Crippen LogP contribution in [0.3, 0.4) is 0 Å². The van der Waals surface area contributed by atoms with Crippen LogP contribution in [0, 0.1) is 13.8 Å². The van der Waals surface area contributed by atoms with Gasteiger partial charge in [0.2, 0.25) is 0 Å². The monoisotopic (exact) mass is 661 g/mol. The normalized spacial score (nSPS) is 12.7. The summed E-state index contributed by atoms with van der Waals surface area (Å²) in [6, 6.07) is 39.1. The predicted octanol–water partition coefficient (Wildman–Crippen LogP) is 13.7. The Morgan fingerprint density at radius 1 is 0.569 bits per heavy atom. The average Bonchev–Trinajstić information content (AvgIpc) is 3.16. The molecule has 0 saturated heterocycles. The Hall–Kier alpha value is -6.18. The summed E-state index contributed by atoms with van der Waals surface area (Å²) in [4.78, 5) is 0. The molecule has 5 aromatic carbocycles. The number of benzene rings is 5. The van der Waals surface area contributed by atoms with Gasteiger partial charge < -0.3 is 5.32 Å². The second-order valence-corrected chi connectivity index (χ2v) is 12.4. The molecular formula is C50H47N. The van der Waals surface area contributed by atoms with Crippen LogP contribution in [-0.4, -0.2) is 0 Å². The van der Waals surface area contributed by atoms with Gasteiger partial charge in [-0.2, -0.15) is 0 Å². The van der Waals surface area contributed by atoms with Crippen molar-refractivity contribution in [3.63, 3.8) is 0 Å². The van der Waals surface area contributed by atoms with Gasteiger partial charge in [-0.15, -0.1) is 6.58 Å². The Morgan fingerprint density at radius 3 is 2.02 bits per heavy atom. The van der Waals surface area contributed by atoms with Gasteiger partial charge in [-0.25, -0.2) is 0 Å². The fourth-order valence-electron chi connectivity index (χ4n) is 5.76. The van der Waals surface area contributed by atoms with Gasteiger partial charge in [0.25, 0.3) is 0 Å². The van der Waals surface area contributed by atoms with Crippen molar-refractivity contribution in [1.82, 2.24) is 5.32 Å². The van der Waals surface area contributed by atoms with Crippen molar-refractivity contribution in [1.29, 1.82) is 0 Å². The van der Waals surface area contributed by atoms with Crippen LogP contribution < -0.4 is 5.32 Å². The molecule has 0 unspecified atom stereocenters. The smallest absolute Gasteiger partial charge is 0.000451 e. The molecule has 1 heteroatoms. The highest BCUT2D eigenvalue weighted by Gasteiger charge is 2.08. The lowest BCUT2D eigenvalue weighted by molar-refractivity contribution is 1.03. The van der Waals surface area contributed by atoms with Crippen LogP contribution in [0.5, 0.6) is 0 Å². The number of hydrogen-bond acceptors (Lipinski definition) is 1. The molecule has 1 nitrogen and oxygen atoms in total. The molecule has 1 N–H and O–H groups in total. The van der Waals surface area contributed by atoms with E-state index in [2.05, 4.69) is 172 Å². The van der Waals surface area contributed by atoms with Crippen molar-refractivity contribution in [3.8, 4) is 22.3 Å². The summed E-state index contributed by atoms with van der Waals surface area (Å²) >= 11 is 0. The van der Waals surface area contributed by atoms with Gasteiger partial charge in [0.05, 0.1) is 0 Å². The van der Waals surface area contributed by atoms with E-state index >= 15 is 0 Å². The zero-order chi connectivity index (χ0) is 35.7. The standard InChI is InChI=1S/C50H47N/c1-5-7-8-14-34-51-35-15-20-43(26-24-41(16-6-2)23-25-42-18-10-9-11-19-42)27-28-44-29-31-46-37-47(33-32-45(46)36-44)48-30-22-40(4)50(38-48)49-21-13-12-17-39(49)3/h5-6,9-38,51H,1-2,7-8H2,3-4H3/b25-23-,26-24+,28-27-,34-14-,35-15+,41-16+,43-20-. The van der Waals surface area contributed by atoms with Crippen LogP contribution in [0.2, 0.25) is 0 Å². The third kappa shape index (κ3) is 10.9. The lowest BCUT2D eigenvalue weighted by Gasteiger charge is -2.12. The Balaban J connectivity index is 1.37. The first-order valence-electron chi connectivity index (χ1n) is 17.6. The Kier molecular flexibility index (Phi) is 13.5. The topological polar surface area (TPSA) is 12.0 Å². The molecule has 0 aromatic heterocycles. The molecule has 0 aliphatic carbocycles.